The van der Waals surface area contributed by atoms with Gasteiger partial charge in [-0.25, -0.2) is 12.8 Å². The Bertz CT molecular complexity index is 620. The highest BCUT2D eigenvalue weighted by Gasteiger charge is 2.30. The number of rotatable bonds is 5. The molecule has 2 rings (SSSR count). The molecule has 7 heteroatoms. The van der Waals surface area contributed by atoms with E-state index in [1.165, 1.54) is 19.2 Å². The predicted molar refractivity (Wildman–Crippen MR) is 74.9 cm³/mol. The molecule has 0 spiro atoms. The lowest BCUT2D eigenvalue weighted by atomic mass is 10.1. The quantitative estimate of drug-likeness (QED) is 0.772. The zero-order valence-corrected chi connectivity index (χ0v) is 12.5. The topological polar surface area (TPSA) is 69.7 Å². The van der Waals surface area contributed by atoms with Gasteiger partial charge in [-0.2, -0.15) is 0 Å². The normalized spacial score (nSPS) is 16.7. The molecule has 21 heavy (non-hydrogen) atoms. The number of methoxy groups -OCH3 is 1. The van der Waals surface area contributed by atoms with Gasteiger partial charge in [0.25, 0.3) is 0 Å². The van der Waals surface area contributed by atoms with Gasteiger partial charge >= 0.3 is 0 Å². The Hall–Kier alpha value is -1.47. The van der Waals surface area contributed by atoms with Crippen LogP contribution in [0.4, 0.5) is 4.39 Å². The summed E-state index contributed by atoms with van der Waals surface area (Å²) < 4.78 is 47.8. The second-order valence-electron chi connectivity index (χ2n) is 4.89. The summed E-state index contributed by atoms with van der Waals surface area (Å²) in [7, 11) is -2.23. The largest absolute Gasteiger partial charge is 0.494 e. The first-order valence-corrected chi connectivity index (χ1v) is 8.31. The fraction of sp³-hybridized carbons (Fsp3) is 0.500. The van der Waals surface area contributed by atoms with Crippen LogP contribution in [0, 0.1) is 5.82 Å². The van der Waals surface area contributed by atoms with E-state index in [0.717, 1.165) is 6.07 Å². The van der Waals surface area contributed by atoms with E-state index in [9.17, 15) is 17.6 Å². The Kier molecular flexibility index (Phi) is 4.95. The fourth-order valence-electron chi connectivity index (χ4n) is 2.26. The van der Waals surface area contributed by atoms with Crippen LogP contribution in [0.1, 0.15) is 23.2 Å². The summed E-state index contributed by atoms with van der Waals surface area (Å²) in [5, 5.41) is -0.557. The van der Waals surface area contributed by atoms with Gasteiger partial charge in [-0.15, -0.1) is 0 Å². The molecule has 0 amide bonds. The summed E-state index contributed by atoms with van der Waals surface area (Å²) >= 11 is 0. The van der Waals surface area contributed by atoms with E-state index < -0.39 is 32.4 Å². The molecule has 0 aromatic heterocycles. The van der Waals surface area contributed by atoms with Crippen molar-refractivity contribution >= 4 is 15.6 Å². The van der Waals surface area contributed by atoms with E-state index in [-0.39, 0.29) is 11.3 Å². The molecule has 0 atom stereocenters. The van der Waals surface area contributed by atoms with Crippen LogP contribution in [0.25, 0.3) is 0 Å². The fourth-order valence-corrected chi connectivity index (χ4v) is 3.94. The van der Waals surface area contributed by atoms with Crippen molar-refractivity contribution in [2.24, 2.45) is 0 Å². The number of ether oxygens (including phenoxy) is 2. The van der Waals surface area contributed by atoms with E-state index in [1.54, 1.807) is 0 Å². The van der Waals surface area contributed by atoms with Gasteiger partial charge in [-0.1, -0.05) is 0 Å². The minimum Gasteiger partial charge on any atom is -0.494 e. The molecule has 0 unspecified atom stereocenters. The lowest BCUT2D eigenvalue weighted by Gasteiger charge is -2.21. The number of hydrogen-bond acceptors (Lipinski definition) is 5. The van der Waals surface area contributed by atoms with Gasteiger partial charge < -0.3 is 9.47 Å². The maximum Gasteiger partial charge on any atom is 0.177 e. The number of sulfone groups is 1. The number of ketones is 1. The number of hydrogen-bond donors (Lipinski definition) is 0. The molecule has 0 aliphatic carbocycles. The zero-order valence-electron chi connectivity index (χ0n) is 11.7. The first-order valence-electron chi connectivity index (χ1n) is 6.60. The number of carbonyl (C=O) groups excluding carboxylic acids is 1. The average Bonchev–Trinajstić information content (AvgIpc) is 2.47. The third-order valence-corrected chi connectivity index (χ3v) is 5.63. The smallest absolute Gasteiger partial charge is 0.177 e. The highest BCUT2D eigenvalue weighted by Crippen LogP contribution is 2.20. The van der Waals surface area contributed by atoms with Crippen LogP contribution in [0.5, 0.6) is 5.75 Å². The molecule has 1 saturated heterocycles. The van der Waals surface area contributed by atoms with Gasteiger partial charge in [-0.05, 0) is 31.0 Å². The molecule has 1 aliphatic heterocycles. The zero-order chi connectivity index (χ0) is 15.5. The molecule has 1 aromatic carbocycles. The third-order valence-electron chi connectivity index (χ3n) is 3.48. The van der Waals surface area contributed by atoms with Crippen LogP contribution >= 0.6 is 0 Å². The van der Waals surface area contributed by atoms with Crippen molar-refractivity contribution in [3.05, 3.63) is 29.6 Å². The molecule has 1 aliphatic rings. The Morgan fingerprint density at radius 3 is 2.62 bits per heavy atom. The molecule has 0 bridgehead atoms. The van der Waals surface area contributed by atoms with Gasteiger partial charge in [0, 0.05) is 18.8 Å². The Morgan fingerprint density at radius 2 is 2.05 bits per heavy atom. The number of halogens is 1. The van der Waals surface area contributed by atoms with Crippen LogP contribution in [-0.2, 0) is 14.6 Å². The average molecular weight is 316 g/mol. The summed E-state index contributed by atoms with van der Waals surface area (Å²) in [4.78, 5) is 12.0. The van der Waals surface area contributed by atoms with Gasteiger partial charge in [0.1, 0.15) is 5.75 Å². The van der Waals surface area contributed by atoms with Crippen molar-refractivity contribution < 1.29 is 27.1 Å². The molecule has 5 nitrogen and oxygen atoms in total. The van der Waals surface area contributed by atoms with Crippen molar-refractivity contribution in [1.29, 1.82) is 0 Å². The number of Topliss-reactive ketones (excluding diaryl/α,β-unsaturated/α-hetero) is 1. The minimum absolute atomic E-state index is 0.0128. The van der Waals surface area contributed by atoms with Gasteiger partial charge in [0.2, 0.25) is 0 Å². The highest BCUT2D eigenvalue weighted by atomic mass is 32.2. The van der Waals surface area contributed by atoms with E-state index in [4.69, 9.17) is 9.47 Å². The van der Waals surface area contributed by atoms with E-state index in [0.29, 0.717) is 26.1 Å². The van der Waals surface area contributed by atoms with E-state index in [2.05, 4.69) is 0 Å². The lowest BCUT2D eigenvalue weighted by Crippen LogP contribution is -2.33. The number of benzene rings is 1. The maximum absolute atomic E-state index is 13.6. The summed E-state index contributed by atoms with van der Waals surface area (Å²) in [5.74, 6) is -1.89. The van der Waals surface area contributed by atoms with Crippen LogP contribution < -0.4 is 4.74 Å². The molecule has 1 heterocycles. The molecule has 0 saturated carbocycles. The maximum atomic E-state index is 13.6. The summed E-state index contributed by atoms with van der Waals surface area (Å²) in [5.41, 5.74) is 0.0314. The van der Waals surface area contributed by atoms with E-state index in [1.807, 2.05) is 0 Å². The first kappa shape index (κ1) is 15.9. The second kappa shape index (κ2) is 6.53. The summed E-state index contributed by atoms with van der Waals surface area (Å²) in [6, 6.07) is 3.67. The Labute approximate surface area is 123 Å². The molecule has 116 valence electrons. The Balaban J connectivity index is 2.11. The molecule has 0 N–H and O–H groups in total. The van der Waals surface area contributed by atoms with Crippen molar-refractivity contribution in [2.75, 3.05) is 26.1 Å². The monoisotopic (exact) mass is 316 g/mol. The van der Waals surface area contributed by atoms with Crippen molar-refractivity contribution in [2.45, 2.75) is 18.1 Å². The molecular formula is C14H17FO5S. The first-order chi connectivity index (χ1) is 9.94. The van der Waals surface area contributed by atoms with Crippen LogP contribution in [0.2, 0.25) is 0 Å². The predicted octanol–water partition coefficient (Wildman–Crippen LogP) is 1.61. The highest BCUT2D eigenvalue weighted by molar-refractivity contribution is 7.92. The van der Waals surface area contributed by atoms with Gasteiger partial charge in [0.05, 0.1) is 12.4 Å². The lowest BCUT2D eigenvalue weighted by molar-refractivity contribution is 0.0971. The van der Waals surface area contributed by atoms with Crippen molar-refractivity contribution in [1.82, 2.24) is 0 Å². The van der Waals surface area contributed by atoms with Crippen molar-refractivity contribution in [3.8, 4) is 5.75 Å². The molecule has 1 aromatic rings. The van der Waals surface area contributed by atoms with E-state index >= 15 is 0 Å². The molecule has 0 radical (unpaired) electrons. The van der Waals surface area contributed by atoms with Crippen molar-refractivity contribution in [3.63, 3.8) is 0 Å². The summed E-state index contributed by atoms with van der Waals surface area (Å²) in [6.45, 7) is 0.768. The molecule has 1 fully saturated rings. The third kappa shape index (κ3) is 3.79. The van der Waals surface area contributed by atoms with Crippen LogP contribution in [-0.4, -0.2) is 45.5 Å². The standard InChI is InChI=1S/C14H17FO5S/c1-19-14-3-2-10(8-12(14)15)13(16)9-21(17,18)11-4-6-20-7-5-11/h2-3,8,11H,4-7,9H2,1H3. The SMILES string of the molecule is COc1ccc(C(=O)CS(=O)(=O)C2CCOCC2)cc1F. The minimum atomic E-state index is -3.54. The summed E-state index contributed by atoms with van der Waals surface area (Å²) in [6.07, 6.45) is 0.791. The second-order valence-corrected chi connectivity index (χ2v) is 7.17. The Morgan fingerprint density at radius 1 is 1.38 bits per heavy atom. The van der Waals surface area contributed by atoms with Gasteiger partial charge in [-0.3, -0.25) is 4.79 Å². The molecular weight excluding hydrogens is 299 g/mol. The van der Waals surface area contributed by atoms with Gasteiger partial charge in [0.15, 0.2) is 27.2 Å². The van der Waals surface area contributed by atoms with Crippen LogP contribution in [0.3, 0.4) is 0 Å². The number of carbonyl (C=O) groups is 1. The van der Waals surface area contributed by atoms with Crippen LogP contribution in [0.15, 0.2) is 18.2 Å².